The van der Waals surface area contributed by atoms with Crippen molar-refractivity contribution in [1.82, 2.24) is 4.90 Å². The Hall–Kier alpha value is -0.540. The maximum Gasteiger partial charge on any atom is 0.0387 e. The Morgan fingerprint density at radius 2 is 2.06 bits per heavy atom. The van der Waals surface area contributed by atoms with E-state index in [0.717, 1.165) is 18.4 Å². The van der Waals surface area contributed by atoms with Crippen LogP contribution in [0.3, 0.4) is 0 Å². The van der Waals surface area contributed by atoms with Crippen molar-refractivity contribution in [3.8, 4) is 0 Å². The lowest BCUT2D eigenvalue weighted by atomic mass is 9.81. The molecule has 3 rings (SSSR count). The van der Waals surface area contributed by atoms with E-state index in [-0.39, 0.29) is 0 Å². The van der Waals surface area contributed by atoms with Crippen LogP contribution in [0.4, 0.5) is 5.69 Å². The van der Waals surface area contributed by atoms with Gasteiger partial charge < -0.3 is 10.2 Å². The van der Waals surface area contributed by atoms with Crippen molar-refractivity contribution in [3.63, 3.8) is 0 Å². The Labute approximate surface area is 112 Å². The number of halogens is 1. The molecule has 17 heavy (non-hydrogen) atoms. The van der Waals surface area contributed by atoms with Gasteiger partial charge in [-0.05, 0) is 56.6 Å². The van der Waals surface area contributed by atoms with Crippen LogP contribution in [0, 0.1) is 5.92 Å². The molecule has 2 aliphatic rings. The van der Waals surface area contributed by atoms with Crippen LogP contribution in [-0.2, 0) is 0 Å². The summed E-state index contributed by atoms with van der Waals surface area (Å²) in [6.07, 6.45) is 2.69. The Balaban J connectivity index is 1.79. The van der Waals surface area contributed by atoms with Crippen LogP contribution < -0.4 is 5.32 Å². The number of fused-ring (bicyclic) bond motifs is 1. The minimum atomic E-state index is 0.729. The zero-order valence-electron chi connectivity index (χ0n) is 10.2. The van der Waals surface area contributed by atoms with E-state index in [1.165, 1.54) is 41.7 Å². The maximum atomic E-state index is 3.56. The van der Waals surface area contributed by atoms with Crippen molar-refractivity contribution in [2.45, 2.75) is 18.8 Å². The van der Waals surface area contributed by atoms with Crippen LogP contribution in [0.15, 0.2) is 22.7 Å². The average Bonchev–Trinajstić information content (AvgIpc) is 2.73. The van der Waals surface area contributed by atoms with E-state index >= 15 is 0 Å². The van der Waals surface area contributed by atoms with Crippen molar-refractivity contribution < 1.29 is 0 Å². The summed E-state index contributed by atoms with van der Waals surface area (Å²) in [5.41, 5.74) is 2.87. The zero-order chi connectivity index (χ0) is 11.8. The van der Waals surface area contributed by atoms with E-state index < -0.39 is 0 Å². The summed E-state index contributed by atoms with van der Waals surface area (Å²) in [4.78, 5) is 2.45. The normalized spacial score (nSPS) is 25.6. The highest BCUT2D eigenvalue weighted by Crippen LogP contribution is 2.41. The fraction of sp³-hybridized carbons (Fsp3) is 0.571. The lowest BCUT2D eigenvalue weighted by Gasteiger charge is -2.32. The Bertz CT molecular complexity index is 411. The maximum absolute atomic E-state index is 3.56. The molecule has 3 heteroatoms. The van der Waals surface area contributed by atoms with Crippen LogP contribution >= 0.6 is 15.9 Å². The van der Waals surface area contributed by atoms with Crippen molar-refractivity contribution >= 4 is 21.6 Å². The van der Waals surface area contributed by atoms with Gasteiger partial charge in [0.1, 0.15) is 0 Å². The van der Waals surface area contributed by atoms with Gasteiger partial charge in [0.05, 0.1) is 0 Å². The molecule has 0 bridgehead atoms. The molecule has 1 saturated heterocycles. The largest absolute Gasteiger partial charge is 0.384 e. The summed E-state index contributed by atoms with van der Waals surface area (Å²) >= 11 is 3.54. The van der Waals surface area contributed by atoms with Gasteiger partial charge in [-0.25, -0.2) is 0 Å². The Morgan fingerprint density at radius 3 is 2.82 bits per heavy atom. The van der Waals surface area contributed by atoms with E-state index in [0.29, 0.717) is 0 Å². The molecule has 1 aromatic rings. The number of anilines is 1. The molecule has 92 valence electrons. The predicted octanol–water partition coefficient (Wildman–Crippen LogP) is 3.30. The molecule has 1 aromatic carbocycles. The fourth-order valence-electron chi connectivity index (χ4n) is 3.19. The molecule has 0 aromatic heterocycles. The molecular formula is C14H19BrN2. The average molecular weight is 295 g/mol. The van der Waals surface area contributed by atoms with Crippen molar-refractivity contribution in [1.29, 1.82) is 0 Å². The standard InChI is InChI=1S/C14H19BrN2/c1-17-6-4-10(5-7-17)13-9-16-14-8-11(15)2-3-12(13)14/h2-3,8,10,13,16H,4-7,9H2,1H3. The number of piperidine rings is 1. The van der Waals surface area contributed by atoms with Gasteiger partial charge in [0.2, 0.25) is 0 Å². The number of rotatable bonds is 1. The molecule has 2 heterocycles. The molecule has 1 fully saturated rings. The zero-order valence-corrected chi connectivity index (χ0v) is 11.8. The molecule has 0 saturated carbocycles. The lowest BCUT2D eigenvalue weighted by Crippen LogP contribution is -2.33. The number of hydrogen-bond donors (Lipinski definition) is 1. The number of likely N-dealkylation sites (tertiary alicyclic amines) is 1. The topological polar surface area (TPSA) is 15.3 Å². The summed E-state index contributed by atoms with van der Waals surface area (Å²) in [6, 6.07) is 6.68. The van der Waals surface area contributed by atoms with Crippen molar-refractivity contribution in [2.75, 3.05) is 32.0 Å². The number of benzene rings is 1. The highest BCUT2D eigenvalue weighted by atomic mass is 79.9. The summed E-state index contributed by atoms with van der Waals surface area (Å²) in [7, 11) is 2.23. The summed E-state index contributed by atoms with van der Waals surface area (Å²) in [5.74, 6) is 1.59. The van der Waals surface area contributed by atoms with Gasteiger partial charge in [-0.3, -0.25) is 0 Å². The van der Waals surface area contributed by atoms with Gasteiger partial charge >= 0.3 is 0 Å². The number of hydrogen-bond acceptors (Lipinski definition) is 2. The monoisotopic (exact) mass is 294 g/mol. The van der Waals surface area contributed by atoms with Crippen molar-refractivity contribution in [2.24, 2.45) is 5.92 Å². The van der Waals surface area contributed by atoms with Gasteiger partial charge in [0.25, 0.3) is 0 Å². The Morgan fingerprint density at radius 1 is 1.29 bits per heavy atom. The fourth-order valence-corrected chi connectivity index (χ4v) is 3.55. The molecule has 2 aliphatic heterocycles. The first-order valence-corrected chi connectivity index (χ1v) is 7.25. The molecule has 0 spiro atoms. The van der Waals surface area contributed by atoms with Crippen LogP contribution in [-0.4, -0.2) is 31.6 Å². The van der Waals surface area contributed by atoms with Crippen LogP contribution in [0.2, 0.25) is 0 Å². The molecule has 0 radical (unpaired) electrons. The van der Waals surface area contributed by atoms with Crippen LogP contribution in [0.1, 0.15) is 24.3 Å². The molecular weight excluding hydrogens is 276 g/mol. The second-order valence-electron chi connectivity index (χ2n) is 5.36. The summed E-state index contributed by atoms with van der Waals surface area (Å²) in [6.45, 7) is 3.64. The van der Waals surface area contributed by atoms with Gasteiger partial charge in [-0.2, -0.15) is 0 Å². The summed E-state index contributed by atoms with van der Waals surface area (Å²) < 4.78 is 1.17. The third-order valence-corrected chi connectivity index (χ3v) is 4.75. The van der Waals surface area contributed by atoms with Gasteiger partial charge in [0.15, 0.2) is 0 Å². The van der Waals surface area contributed by atoms with Crippen LogP contribution in [0.25, 0.3) is 0 Å². The van der Waals surface area contributed by atoms with Crippen LogP contribution in [0.5, 0.6) is 0 Å². The first-order chi connectivity index (χ1) is 8.24. The third-order valence-electron chi connectivity index (χ3n) is 4.26. The highest BCUT2D eigenvalue weighted by Gasteiger charge is 2.31. The quantitative estimate of drug-likeness (QED) is 0.855. The minimum Gasteiger partial charge on any atom is -0.384 e. The second kappa shape index (κ2) is 4.62. The molecule has 2 nitrogen and oxygen atoms in total. The second-order valence-corrected chi connectivity index (χ2v) is 6.28. The molecule has 1 atom stereocenters. The third kappa shape index (κ3) is 2.23. The number of nitrogens with zero attached hydrogens (tertiary/aromatic N) is 1. The van der Waals surface area contributed by atoms with E-state index in [4.69, 9.17) is 0 Å². The number of nitrogens with one attached hydrogen (secondary N) is 1. The smallest absolute Gasteiger partial charge is 0.0387 e. The minimum absolute atomic E-state index is 0.729. The van der Waals surface area contributed by atoms with E-state index in [2.05, 4.69) is 51.4 Å². The van der Waals surface area contributed by atoms with E-state index in [1.54, 1.807) is 0 Å². The van der Waals surface area contributed by atoms with E-state index in [1.807, 2.05) is 0 Å². The first-order valence-electron chi connectivity index (χ1n) is 6.46. The molecule has 0 amide bonds. The predicted molar refractivity (Wildman–Crippen MR) is 75.6 cm³/mol. The van der Waals surface area contributed by atoms with Crippen molar-refractivity contribution in [3.05, 3.63) is 28.2 Å². The van der Waals surface area contributed by atoms with Gasteiger partial charge in [-0.1, -0.05) is 22.0 Å². The van der Waals surface area contributed by atoms with Gasteiger partial charge in [-0.15, -0.1) is 0 Å². The highest BCUT2D eigenvalue weighted by molar-refractivity contribution is 9.10. The van der Waals surface area contributed by atoms with Gasteiger partial charge in [0, 0.05) is 22.6 Å². The first kappa shape index (κ1) is 11.5. The molecule has 0 aliphatic carbocycles. The molecule has 1 unspecified atom stereocenters. The lowest BCUT2D eigenvalue weighted by molar-refractivity contribution is 0.202. The molecule has 1 N–H and O–H groups in total. The Kier molecular flexibility index (Phi) is 3.14. The van der Waals surface area contributed by atoms with E-state index in [9.17, 15) is 0 Å². The summed E-state index contributed by atoms with van der Waals surface area (Å²) in [5, 5.41) is 3.56. The SMILES string of the molecule is CN1CCC(C2CNc3cc(Br)ccc32)CC1.